The van der Waals surface area contributed by atoms with Gasteiger partial charge in [0.25, 0.3) is 0 Å². The number of morpholine rings is 1. The first kappa shape index (κ1) is 18.2. The van der Waals surface area contributed by atoms with E-state index in [2.05, 4.69) is 27.8 Å². The number of benzene rings is 1. The van der Waals surface area contributed by atoms with E-state index < -0.39 is 0 Å². The second-order valence-corrected chi connectivity index (χ2v) is 7.65. The maximum atomic E-state index is 9.71. The SMILES string of the molecule is C[C@@H]1CN(c2ccc(C#N)c3ncccc23)C[C@@H](CN2CCC(O)CC2)O1. The highest BCUT2D eigenvalue weighted by Gasteiger charge is 2.29. The van der Waals surface area contributed by atoms with Crippen LogP contribution in [0.5, 0.6) is 0 Å². The molecule has 4 rings (SSSR count). The van der Waals surface area contributed by atoms with Crippen LogP contribution < -0.4 is 4.90 Å². The lowest BCUT2D eigenvalue weighted by molar-refractivity contribution is -0.0397. The van der Waals surface area contributed by atoms with E-state index in [0.717, 1.165) is 62.2 Å². The molecule has 3 heterocycles. The van der Waals surface area contributed by atoms with Crippen molar-refractivity contribution in [3.05, 3.63) is 36.0 Å². The summed E-state index contributed by atoms with van der Waals surface area (Å²) in [6.07, 6.45) is 3.55. The number of likely N-dealkylation sites (tertiary alicyclic amines) is 1. The van der Waals surface area contributed by atoms with Crippen molar-refractivity contribution in [3.8, 4) is 6.07 Å². The molecule has 0 bridgehead atoms. The fourth-order valence-electron chi connectivity index (χ4n) is 4.26. The van der Waals surface area contributed by atoms with Gasteiger partial charge in [0.15, 0.2) is 0 Å². The number of aromatic nitrogens is 1. The van der Waals surface area contributed by atoms with Crippen LogP contribution in [-0.4, -0.2) is 66.0 Å². The number of pyridine rings is 1. The number of piperidine rings is 1. The lowest BCUT2D eigenvalue weighted by Crippen LogP contribution is -2.52. The summed E-state index contributed by atoms with van der Waals surface area (Å²) in [7, 11) is 0. The lowest BCUT2D eigenvalue weighted by atomic mass is 10.0. The normalized spacial score (nSPS) is 24.9. The topological polar surface area (TPSA) is 72.6 Å². The molecule has 0 unspecified atom stereocenters. The van der Waals surface area contributed by atoms with Crippen LogP contribution in [0, 0.1) is 11.3 Å². The van der Waals surface area contributed by atoms with Crippen LogP contribution in [0.4, 0.5) is 5.69 Å². The molecule has 0 radical (unpaired) electrons. The molecule has 27 heavy (non-hydrogen) atoms. The highest BCUT2D eigenvalue weighted by atomic mass is 16.5. The van der Waals surface area contributed by atoms with Gasteiger partial charge in [-0.2, -0.15) is 5.26 Å². The summed E-state index contributed by atoms with van der Waals surface area (Å²) in [5.74, 6) is 0. The van der Waals surface area contributed by atoms with Gasteiger partial charge in [-0.05, 0) is 44.0 Å². The van der Waals surface area contributed by atoms with Crippen molar-refractivity contribution >= 4 is 16.6 Å². The zero-order chi connectivity index (χ0) is 18.8. The number of anilines is 1. The van der Waals surface area contributed by atoms with Gasteiger partial charge in [0.05, 0.1) is 29.4 Å². The molecular formula is C21H26N4O2. The molecule has 2 fully saturated rings. The molecule has 6 heteroatoms. The van der Waals surface area contributed by atoms with E-state index in [9.17, 15) is 10.4 Å². The Balaban J connectivity index is 1.55. The Morgan fingerprint density at radius 2 is 2.07 bits per heavy atom. The average Bonchev–Trinajstić information content (AvgIpc) is 2.68. The third kappa shape index (κ3) is 3.91. The first-order valence-electron chi connectivity index (χ1n) is 9.72. The Bertz CT molecular complexity index is 842. The van der Waals surface area contributed by atoms with Crippen LogP contribution in [0.2, 0.25) is 0 Å². The summed E-state index contributed by atoms with van der Waals surface area (Å²) in [5.41, 5.74) is 2.49. The smallest absolute Gasteiger partial charge is 0.101 e. The number of hydrogen-bond acceptors (Lipinski definition) is 6. The molecule has 2 atom stereocenters. The van der Waals surface area contributed by atoms with E-state index in [-0.39, 0.29) is 18.3 Å². The summed E-state index contributed by atoms with van der Waals surface area (Å²) in [6.45, 7) is 6.51. The summed E-state index contributed by atoms with van der Waals surface area (Å²) in [4.78, 5) is 9.19. The van der Waals surface area contributed by atoms with Crippen LogP contribution in [0.1, 0.15) is 25.3 Å². The zero-order valence-corrected chi connectivity index (χ0v) is 15.7. The molecule has 2 aliphatic heterocycles. The number of hydrogen-bond donors (Lipinski definition) is 1. The minimum atomic E-state index is -0.151. The van der Waals surface area contributed by atoms with Gasteiger partial charge in [-0.25, -0.2) is 0 Å². The van der Waals surface area contributed by atoms with Crippen LogP contribution >= 0.6 is 0 Å². The van der Waals surface area contributed by atoms with E-state index in [0.29, 0.717) is 5.56 Å². The van der Waals surface area contributed by atoms with Gasteiger partial charge in [-0.1, -0.05) is 0 Å². The van der Waals surface area contributed by atoms with Crippen molar-refractivity contribution in [2.24, 2.45) is 0 Å². The Hall–Kier alpha value is -2.20. The van der Waals surface area contributed by atoms with Crippen molar-refractivity contribution < 1.29 is 9.84 Å². The van der Waals surface area contributed by atoms with Crippen molar-refractivity contribution in [2.75, 3.05) is 37.6 Å². The first-order valence-corrected chi connectivity index (χ1v) is 9.72. The maximum absolute atomic E-state index is 9.71. The second kappa shape index (κ2) is 7.81. The molecule has 1 aromatic carbocycles. The quantitative estimate of drug-likeness (QED) is 0.897. The second-order valence-electron chi connectivity index (χ2n) is 7.65. The molecule has 0 saturated carbocycles. The fraction of sp³-hybridized carbons (Fsp3) is 0.524. The maximum Gasteiger partial charge on any atom is 0.101 e. The van der Waals surface area contributed by atoms with Gasteiger partial charge in [0, 0.05) is 50.0 Å². The largest absolute Gasteiger partial charge is 0.393 e. The Kier molecular flexibility index (Phi) is 5.26. The summed E-state index contributed by atoms with van der Waals surface area (Å²) < 4.78 is 6.21. The highest BCUT2D eigenvalue weighted by molar-refractivity contribution is 5.95. The van der Waals surface area contributed by atoms with Gasteiger partial charge in [0.2, 0.25) is 0 Å². The molecular weight excluding hydrogens is 340 g/mol. The summed E-state index contributed by atoms with van der Waals surface area (Å²) in [6, 6.07) is 10.1. The number of nitriles is 1. The molecule has 1 N–H and O–H groups in total. The minimum Gasteiger partial charge on any atom is -0.393 e. The third-order valence-corrected chi connectivity index (χ3v) is 5.55. The molecule has 142 valence electrons. The lowest BCUT2D eigenvalue weighted by Gasteiger charge is -2.41. The molecule has 6 nitrogen and oxygen atoms in total. The predicted molar refractivity (Wildman–Crippen MR) is 105 cm³/mol. The van der Waals surface area contributed by atoms with E-state index in [1.165, 1.54) is 0 Å². The van der Waals surface area contributed by atoms with Crippen LogP contribution in [0.3, 0.4) is 0 Å². The predicted octanol–water partition coefficient (Wildman–Crippen LogP) is 2.16. The number of aliphatic hydroxyl groups excluding tert-OH is 1. The molecule has 2 saturated heterocycles. The average molecular weight is 366 g/mol. The Labute approximate surface area is 160 Å². The van der Waals surface area contributed by atoms with Crippen molar-refractivity contribution in [1.82, 2.24) is 9.88 Å². The van der Waals surface area contributed by atoms with E-state index in [4.69, 9.17) is 4.74 Å². The monoisotopic (exact) mass is 366 g/mol. The number of nitrogens with zero attached hydrogens (tertiary/aromatic N) is 4. The molecule has 0 amide bonds. The van der Waals surface area contributed by atoms with Gasteiger partial charge in [0.1, 0.15) is 6.07 Å². The van der Waals surface area contributed by atoms with Crippen LogP contribution in [0.25, 0.3) is 10.9 Å². The van der Waals surface area contributed by atoms with E-state index >= 15 is 0 Å². The summed E-state index contributed by atoms with van der Waals surface area (Å²) in [5, 5.41) is 20.1. The molecule has 0 aliphatic carbocycles. The summed E-state index contributed by atoms with van der Waals surface area (Å²) >= 11 is 0. The standard InChI is InChI=1S/C21H26N4O2/c1-15-12-25(14-18(27-15)13-24-9-6-17(26)7-10-24)20-5-4-16(11-22)21-19(20)3-2-8-23-21/h2-5,8,15,17-18,26H,6-7,9-10,12-14H2,1H3/t15-,18-/m1/s1. The van der Waals surface area contributed by atoms with E-state index in [1.54, 1.807) is 6.20 Å². The Morgan fingerprint density at radius 3 is 2.85 bits per heavy atom. The first-order chi connectivity index (χ1) is 13.1. The number of rotatable bonds is 3. The zero-order valence-electron chi connectivity index (χ0n) is 15.7. The van der Waals surface area contributed by atoms with Crippen LogP contribution in [0.15, 0.2) is 30.5 Å². The van der Waals surface area contributed by atoms with Gasteiger partial charge < -0.3 is 19.6 Å². The van der Waals surface area contributed by atoms with Crippen LogP contribution in [-0.2, 0) is 4.74 Å². The van der Waals surface area contributed by atoms with Crippen molar-refractivity contribution in [2.45, 2.75) is 38.1 Å². The molecule has 2 aliphatic rings. The minimum absolute atomic E-state index is 0.131. The number of aliphatic hydroxyl groups is 1. The Morgan fingerprint density at radius 1 is 1.26 bits per heavy atom. The molecule has 1 aromatic heterocycles. The molecule has 0 spiro atoms. The van der Waals surface area contributed by atoms with Crippen molar-refractivity contribution in [1.29, 1.82) is 5.26 Å². The number of ether oxygens (including phenoxy) is 1. The number of fused-ring (bicyclic) bond motifs is 1. The third-order valence-electron chi connectivity index (χ3n) is 5.55. The van der Waals surface area contributed by atoms with Gasteiger partial charge in [-0.3, -0.25) is 4.98 Å². The van der Waals surface area contributed by atoms with Gasteiger partial charge in [-0.15, -0.1) is 0 Å². The molecule has 2 aromatic rings. The van der Waals surface area contributed by atoms with E-state index in [1.807, 2.05) is 24.3 Å². The van der Waals surface area contributed by atoms with Gasteiger partial charge >= 0.3 is 0 Å². The fourth-order valence-corrected chi connectivity index (χ4v) is 4.26. The van der Waals surface area contributed by atoms with Crippen molar-refractivity contribution in [3.63, 3.8) is 0 Å². The highest BCUT2D eigenvalue weighted by Crippen LogP contribution is 2.30.